The van der Waals surface area contributed by atoms with Crippen molar-refractivity contribution < 1.29 is 12.8 Å². The van der Waals surface area contributed by atoms with Crippen LogP contribution in [0, 0.1) is 5.82 Å². The third kappa shape index (κ3) is 3.58. The molecule has 0 aliphatic rings. The van der Waals surface area contributed by atoms with Crippen molar-refractivity contribution >= 4 is 31.6 Å². The van der Waals surface area contributed by atoms with E-state index in [0.717, 1.165) is 6.26 Å². The molecule has 2 aromatic carbocycles. The Bertz CT molecular complexity index is 701. The minimum Gasteiger partial charge on any atom is -0.265 e. The summed E-state index contributed by atoms with van der Waals surface area (Å²) in [6.07, 6.45) is 1.15. The summed E-state index contributed by atoms with van der Waals surface area (Å²) in [7, 11) is -3.44. The van der Waals surface area contributed by atoms with E-state index >= 15 is 0 Å². The van der Waals surface area contributed by atoms with Gasteiger partial charge >= 0.3 is 0 Å². The molecule has 0 fully saturated rings. The second-order valence-electron chi connectivity index (χ2n) is 4.35. The first-order chi connectivity index (χ1) is 9.38. The van der Waals surface area contributed by atoms with Crippen LogP contribution in [0.3, 0.4) is 0 Å². The number of sulfonamides is 1. The number of hydrogen-bond donors (Lipinski definition) is 0. The molecule has 0 aliphatic carbocycles. The summed E-state index contributed by atoms with van der Waals surface area (Å²) in [6.45, 7) is 0.154. The van der Waals surface area contributed by atoms with Gasteiger partial charge in [-0.25, -0.2) is 12.8 Å². The van der Waals surface area contributed by atoms with Gasteiger partial charge in [0.05, 0.1) is 18.5 Å². The van der Waals surface area contributed by atoms with Gasteiger partial charge in [0.15, 0.2) is 0 Å². The molecule has 0 aromatic heterocycles. The van der Waals surface area contributed by atoms with Gasteiger partial charge in [0.2, 0.25) is 10.0 Å². The van der Waals surface area contributed by atoms with Crippen LogP contribution in [-0.2, 0) is 16.6 Å². The normalized spacial score (nSPS) is 11.3. The van der Waals surface area contributed by atoms with E-state index in [1.165, 1.54) is 16.4 Å². The first kappa shape index (κ1) is 15.0. The van der Waals surface area contributed by atoms with E-state index in [1.54, 1.807) is 30.3 Å². The Hall–Kier alpha value is -1.40. The number of nitrogens with zero attached hydrogens (tertiary/aromatic N) is 1. The van der Waals surface area contributed by atoms with Crippen molar-refractivity contribution in [2.45, 2.75) is 6.54 Å². The molecule has 0 N–H and O–H groups in total. The second kappa shape index (κ2) is 5.93. The SMILES string of the molecule is CS(=O)(=O)N(Cc1ccc(F)cc1)c1ccccc1Br. The van der Waals surface area contributed by atoms with Crippen molar-refractivity contribution in [1.29, 1.82) is 0 Å². The van der Waals surface area contributed by atoms with Crippen LogP contribution in [0.4, 0.5) is 10.1 Å². The molecule has 0 radical (unpaired) electrons. The number of rotatable bonds is 4. The predicted octanol–water partition coefficient (Wildman–Crippen LogP) is 3.55. The molecule has 0 heterocycles. The third-order valence-electron chi connectivity index (χ3n) is 2.76. The molecule has 106 valence electrons. The Morgan fingerprint density at radius 2 is 1.70 bits per heavy atom. The minimum absolute atomic E-state index is 0.154. The van der Waals surface area contributed by atoms with E-state index in [1.807, 2.05) is 6.07 Å². The van der Waals surface area contributed by atoms with E-state index in [4.69, 9.17) is 0 Å². The highest BCUT2D eigenvalue weighted by Crippen LogP contribution is 2.29. The number of hydrogen-bond acceptors (Lipinski definition) is 2. The zero-order valence-corrected chi connectivity index (χ0v) is 13.2. The first-order valence-electron chi connectivity index (χ1n) is 5.84. The maximum Gasteiger partial charge on any atom is 0.232 e. The molecule has 0 saturated heterocycles. The lowest BCUT2D eigenvalue weighted by molar-refractivity contribution is 0.596. The Morgan fingerprint density at radius 1 is 1.10 bits per heavy atom. The van der Waals surface area contributed by atoms with Crippen LogP contribution >= 0.6 is 15.9 Å². The molecule has 0 spiro atoms. The smallest absolute Gasteiger partial charge is 0.232 e. The lowest BCUT2D eigenvalue weighted by Crippen LogP contribution is -2.29. The molecule has 0 bridgehead atoms. The van der Waals surface area contributed by atoms with Crippen LogP contribution in [0.5, 0.6) is 0 Å². The van der Waals surface area contributed by atoms with Crippen molar-refractivity contribution in [2.24, 2.45) is 0 Å². The highest BCUT2D eigenvalue weighted by Gasteiger charge is 2.19. The lowest BCUT2D eigenvalue weighted by atomic mass is 10.2. The summed E-state index contributed by atoms with van der Waals surface area (Å²) in [5, 5.41) is 0. The fourth-order valence-corrected chi connectivity index (χ4v) is 3.31. The van der Waals surface area contributed by atoms with Gasteiger partial charge in [-0.3, -0.25) is 4.31 Å². The fourth-order valence-electron chi connectivity index (χ4n) is 1.79. The molecule has 0 amide bonds. The highest BCUT2D eigenvalue weighted by atomic mass is 79.9. The minimum atomic E-state index is -3.44. The molecule has 0 saturated carbocycles. The topological polar surface area (TPSA) is 37.4 Å². The first-order valence-corrected chi connectivity index (χ1v) is 8.49. The molecule has 0 unspecified atom stereocenters. The maximum atomic E-state index is 12.9. The van der Waals surface area contributed by atoms with Gasteiger partial charge in [0.25, 0.3) is 0 Å². The molecule has 2 aromatic rings. The molecular formula is C14H13BrFNO2S. The summed E-state index contributed by atoms with van der Waals surface area (Å²) < 4.78 is 38.8. The van der Waals surface area contributed by atoms with Crippen molar-refractivity contribution in [3.63, 3.8) is 0 Å². The molecular weight excluding hydrogens is 345 g/mol. The van der Waals surface area contributed by atoms with Crippen LogP contribution in [0.1, 0.15) is 5.56 Å². The van der Waals surface area contributed by atoms with Gasteiger partial charge in [0.1, 0.15) is 5.82 Å². The monoisotopic (exact) mass is 357 g/mol. The Balaban J connectivity index is 2.40. The molecule has 0 aliphatic heterocycles. The Labute approximate surface area is 126 Å². The molecule has 0 atom stereocenters. The molecule has 3 nitrogen and oxygen atoms in total. The van der Waals surface area contributed by atoms with Crippen molar-refractivity contribution in [3.8, 4) is 0 Å². The average molecular weight is 358 g/mol. The van der Waals surface area contributed by atoms with Gasteiger partial charge in [0, 0.05) is 4.47 Å². The fraction of sp³-hybridized carbons (Fsp3) is 0.143. The summed E-state index contributed by atoms with van der Waals surface area (Å²) in [4.78, 5) is 0. The van der Waals surface area contributed by atoms with E-state index in [9.17, 15) is 12.8 Å². The Kier molecular flexibility index (Phi) is 4.45. The summed E-state index contributed by atoms with van der Waals surface area (Å²) in [6, 6.07) is 12.8. The summed E-state index contributed by atoms with van der Waals surface area (Å²) in [5.41, 5.74) is 1.27. The van der Waals surface area contributed by atoms with Crippen LogP contribution in [-0.4, -0.2) is 14.7 Å². The molecule has 20 heavy (non-hydrogen) atoms. The highest BCUT2D eigenvalue weighted by molar-refractivity contribution is 9.10. The van der Waals surface area contributed by atoms with Gasteiger partial charge < -0.3 is 0 Å². The number of para-hydroxylation sites is 1. The summed E-state index contributed by atoms with van der Waals surface area (Å²) >= 11 is 3.35. The van der Waals surface area contributed by atoms with Crippen molar-refractivity contribution in [2.75, 3.05) is 10.6 Å². The third-order valence-corrected chi connectivity index (χ3v) is 4.56. The maximum absolute atomic E-state index is 12.9. The van der Waals surface area contributed by atoms with Crippen LogP contribution < -0.4 is 4.31 Å². The second-order valence-corrected chi connectivity index (χ2v) is 7.11. The van der Waals surface area contributed by atoms with Gasteiger partial charge in [-0.05, 0) is 45.8 Å². The number of benzene rings is 2. The summed E-state index contributed by atoms with van der Waals surface area (Å²) in [5.74, 6) is -0.347. The zero-order valence-electron chi connectivity index (χ0n) is 10.8. The predicted molar refractivity (Wildman–Crippen MR) is 81.6 cm³/mol. The standard InChI is InChI=1S/C14H13BrFNO2S/c1-20(18,19)17(14-5-3-2-4-13(14)15)10-11-6-8-12(16)9-7-11/h2-9H,10H2,1H3. The van der Waals surface area contributed by atoms with Crippen LogP contribution in [0.15, 0.2) is 53.0 Å². The van der Waals surface area contributed by atoms with Crippen molar-refractivity contribution in [1.82, 2.24) is 0 Å². The quantitative estimate of drug-likeness (QED) is 0.838. The molecule has 6 heteroatoms. The Morgan fingerprint density at radius 3 is 2.25 bits per heavy atom. The van der Waals surface area contributed by atoms with Gasteiger partial charge in [-0.2, -0.15) is 0 Å². The van der Waals surface area contributed by atoms with E-state index < -0.39 is 10.0 Å². The number of anilines is 1. The zero-order chi connectivity index (χ0) is 14.8. The van der Waals surface area contributed by atoms with E-state index in [0.29, 0.717) is 15.7 Å². The van der Waals surface area contributed by atoms with Gasteiger partial charge in [-0.15, -0.1) is 0 Å². The van der Waals surface area contributed by atoms with E-state index in [2.05, 4.69) is 15.9 Å². The van der Waals surface area contributed by atoms with Gasteiger partial charge in [-0.1, -0.05) is 24.3 Å². The van der Waals surface area contributed by atoms with Crippen LogP contribution in [0.2, 0.25) is 0 Å². The largest absolute Gasteiger partial charge is 0.265 e. The molecule has 2 rings (SSSR count). The number of halogens is 2. The van der Waals surface area contributed by atoms with E-state index in [-0.39, 0.29) is 12.4 Å². The van der Waals surface area contributed by atoms with Crippen LogP contribution in [0.25, 0.3) is 0 Å². The lowest BCUT2D eigenvalue weighted by Gasteiger charge is -2.23. The van der Waals surface area contributed by atoms with Crippen molar-refractivity contribution in [3.05, 3.63) is 64.4 Å². The average Bonchev–Trinajstić information content (AvgIpc) is 2.38.